The number of nitrogens with one attached hydrogen (secondary N) is 1. The zero-order chi connectivity index (χ0) is 12.4. The Hall–Kier alpha value is -0.610. The molecule has 0 radical (unpaired) electrons. The van der Waals surface area contributed by atoms with Crippen LogP contribution in [0.4, 0.5) is 0 Å². The van der Waals surface area contributed by atoms with E-state index in [1.165, 1.54) is 0 Å². The molecule has 0 heterocycles. The van der Waals surface area contributed by atoms with Gasteiger partial charge in [0.2, 0.25) is 5.91 Å². The Morgan fingerprint density at radius 3 is 2.56 bits per heavy atom. The number of hydrogen-bond acceptors (Lipinski definition) is 3. The van der Waals surface area contributed by atoms with Crippen LogP contribution in [0.3, 0.4) is 0 Å². The maximum absolute atomic E-state index is 11.7. The van der Waals surface area contributed by atoms with Gasteiger partial charge in [-0.15, -0.1) is 0 Å². The van der Waals surface area contributed by atoms with E-state index in [4.69, 9.17) is 5.73 Å². The van der Waals surface area contributed by atoms with Crippen molar-refractivity contribution in [2.45, 2.75) is 46.1 Å². The number of nitrogens with zero attached hydrogens (tertiary/aromatic N) is 1. The van der Waals surface area contributed by atoms with E-state index in [-0.39, 0.29) is 11.9 Å². The maximum atomic E-state index is 11.7. The van der Waals surface area contributed by atoms with E-state index < -0.39 is 0 Å². The molecule has 0 aliphatic rings. The van der Waals surface area contributed by atoms with E-state index in [0.717, 1.165) is 32.4 Å². The first-order valence-corrected chi connectivity index (χ1v) is 6.35. The van der Waals surface area contributed by atoms with Crippen LogP contribution in [0.2, 0.25) is 0 Å². The van der Waals surface area contributed by atoms with Gasteiger partial charge in [-0.25, -0.2) is 0 Å². The molecule has 4 nitrogen and oxygen atoms in total. The van der Waals surface area contributed by atoms with E-state index in [9.17, 15) is 4.79 Å². The molecule has 16 heavy (non-hydrogen) atoms. The van der Waals surface area contributed by atoms with Crippen LogP contribution in [0, 0.1) is 0 Å². The summed E-state index contributed by atoms with van der Waals surface area (Å²) in [4.78, 5) is 13.8. The Labute approximate surface area is 99.6 Å². The molecule has 0 rings (SSSR count). The number of hydrogen-bond donors (Lipinski definition) is 2. The van der Waals surface area contributed by atoms with Crippen LogP contribution in [0.15, 0.2) is 0 Å². The lowest BCUT2D eigenvalue weighted by Crippen LogP contribution is -2.41. The first kappa shape index (κ1) is 15.4. The molecule has 0 aliphatic carbocycles. The standard InChI is InChI=1S/C12H27N3O/c1-4-8-15(9-6-7-13)10-12(16)14-11(3)5-2/h11H,4-10,13H2,1-3H3,(H,14,16). The quantitative estimate of drug-likeness (QED) is 0.619. The molecular formula is C12H27N3O. The summed E-state index contributed by atoms with van der Waals surface area (Å²) in [5.41, 5.74) is 5.48. The van der Waals surface area contributed by atoms with Gasteiger partial charge in [0.1, 0.15) is 0 Å². The molecular weight excluding hydrogens is 202 g/mol. The molecule has 0 bridgehead atoms. The summed E-state index contributed by atoms with van der Waals surface area (Å²) in [6, 6.07) is 0.269. The van der Waals surface area contributed by atoms with Crippen molar-refractivity contribution in [1.82, 2.24) is 10.2 Å². The molecule has 1 unspecified atom stereocenters. The van der Waals surface area contributed by atoms with E-state index in [1.807, 2.05) is 6.92 Å². The van der Waals surface area contributed by atoms with Crippen molar-refractivity contribution >= 4 is 5.91 Å². The SMILES string of the molecule is CCCN(CCCN)CC(=O)NC(C)CC. The number of amides is 1. The van der Waals surface area contributed by atoms with Crippen LogP contribution in [-0.2, 0) is 4.79 Å². The van der Waals surface area contributed by atoms with Crippen LogP contribution in [0.1, 0.15) is 40.0 Å². The predicted octanol–water partition coefficient (Wildman–Crippen LogP) is 0.962. The Morgan fingerprint density at radius 1 is 1.38 bits per heavy atom. The second-order valence-corrected chi connectivity index (χ2v) is 4.30. The van der Waals surface area contributed by atoms with E-state index in [1.54, 1.807) is 0 Å². The Balaban J connectivity index is 3.91. The smallest absolute Gasteiger partial charge is 0.234 e. The van der Waals surface area contributed by atoms with Crippen molar-refractivity contribution < 1.29 is 4.79 Å². The minimum Gasteiger partial charge on any atom is -0.353 e. The first-order chi connectivity index (χ1) is 7.63. The number of rotatable bonds is 9. The Kier molecular flexibility index (Phi) is 9.24. The van der Waals surface area contributed by atoms with Crippen molar-refractivity contribution in [3.63, 3.8) is 0 Å². The Bertz CT molecular complexity index is 185. The van der Waals surface area contributed by atoms with Crippen molar-refractivity contribution in [2.24, 2.45) is 5.73 Å². The molecule has 0 saturated heterocycles. The summed E-state index contributed by atoms with van der Waals surface area (Å²) in [5, 5.41) is 2.98. The fourth-order valence-corrected chi connectivity index (χ4v) is 1.53. The third-order valence-corrected chi connectivity index (χ3v) is 2.61. The fraction of sp³-hybridized carbons (Fsp3) is 0.917. The third kappa shape index (κ3) is 7.65. The second-order valence-electron chi connectivity index (χ2n) is 4.30. The predicted molar refractivity (Wildman–Crippen MR) is 68.3 cm³/mol. The van der Waals surface area contributed by atoms with Gasteiger partial charge in [0.05, 0.1) is 6.54 Å². The van der Waals surface area contributed by atoms with Crippen molar-refractivity contribution in [3.8, 4) is 0 Å². The first-order valence-electron chi connectivity index (χ1n) is 6.35. The number of carbonyl (C=O) groups excluding carboxylic acids is 1. The molecule has 0 aromatic heterocycles. The normalized spacial score (nSPS) is 12.8. The molecule has 1 atom stereocenters. The van der Waals surface area contributed by atoms with Crippen LogP contribution in [-0.4, -0.2) is 43.0 Å². The van der Waals surface area contributed by atoms with Gasteiger partial charge in [-0.2, -0.15) is 0 Å². The van der Waals surface area contributed by atoms with E-state index in [2.05, 4.69) is 24.1 Å². The number of carbonyl (C=O) groups is 1. The largest absolute Gasteiger partial charge is 0.353 e. The molecule has 4 heteroatoms. The maximum Gasteiger partial charge on any atom is 0.234 e. The van der Waals surface area contributed by atoms with Crippen molar-refractivity contribution in [1.29, 1.82) is 0 Å². The van der Waals surface area contributed by atoms with Crippen LogP contribution >= 0.6 is 0 Å². The summed E-state index contributed by atoms with van der Waals surface area (Å²) < 4.78 is 0. The summed E-state index contributed by atoms with van der Waals surface area (Å²) >= 11 is 0. The highest BCUT2D eigenvalue weighted by atomic mass is 16.2. The van der Waals surface area contributed by atoms with E-state index >= 15 is 0 Å². The van der Waals surface area contributed by atoms with Crippen molar-refractivity contribution in [2.75, 3.05) is 26.2 Å². The summed E-state index contributed by atoms with van der Waals surface area (Å²) in [6.07, 6.45) is 3.00. The zero-order valence-corrected chi connectivity index (χ0v) is 11.0. The van der Waals surface area contributed by atoms with Crippen LogP contribution in [0.5, 0.6) is 0 Å². The van der Waals surface area contributed by atoms with Gasteiger partial charge >= 0.3 is 0 Å². The molecule has 0 aromatic carbocycles. The van der Waals surface area contributed by atoms with Gasteiger partial charge in [-0.3, -0.25) is 9.69 Å². The molecule has 0 spiro atoms. The summed E-state index contributed by atoms with van der Waals surface area (Å²) in [7, 11) is 0. The minimum atomic E-state index is 0.125. The average Bonchev–Trinajstić information content (AvgIpc) is 2.25. The molecule has 0 aromatic rings. The highest BCUT2D eigenvalue weighted by Gasteiger charge is 2.10. The Morgan fingerprint density at radius 2 is 2.06 bits per heavy atom. The molecule has 0 aliphatic heterocycles. The molecule has 3 N–H and O–H groups in total. The van der Waals surface area contributed by atoms with Gasteiger partial charge < -0.3 is 11.1 Å². The highest BCUT2D eigenvalue weighted by molar-refractivity contribution is 5.78. The lowest BCUT2D eigenvalue weighted by atomic mass is 10.2. The molecule has 0 saturated carbocycles. The number of nitrogens with two attached hydrogens (primary N) is 1. The highest BCUT2D eigenvalue weighted by Crippen LogP contribution is 1.95. The monoisotopic (exact) mass is 229 g/mol. The van der Waals surface area contributed by atoms with Gasteiger partial charge in [-0.1, -0.05) is 13.8 Å². The van der Waals surface area contributed by atoms with Gasteiger partial charge in [0.25, 0.3) is 0 Å². The van der Waals surface area contributed by atoms with Crippen molar-refractivity contribution in [3.05, 3.63) is 0 Å². The topological polar surface area (TPSA) is 58.4 Å². The molecule has 0 fully saturated rings. The van der Waals surface area contributed by atoms with Gasteiger partial charge in [0, 0.05) is 6.04 Å². The van der Waals surface area contributed by atoms with E-state index in [0.29, 0.717) is 13.1 Å². The lowest BCUT2D eigenvalue weighted by molar-refractivity contribution is -0.122. The zero-order valence-electron chi connectivity index (χ0n) is 11.0. The minimum absolute atomic E-state index is 0.125. The van der Waals surface area contributed by atoms with Crippen LogP contribution < -0.4 is 11.1 Å². The second kappa shape index (κ2) is 9.60. The summed E-state index contributed by atoms with van der Waals surface area (Å²) in [6.45, 7) is 9.30. The van der Waals surface area contributed by atoms with Gasteiger partial charge in [-0.05, 0) is 45.8 Å². The lowest BCUT2D eigenvalue weighted by Gasteiger charge is -2.21. The average molecular weight is 229 g/mol. The van der Waals surface area contributed by atoms with Crippen LogP contribution in [0.25, 0.3) is 0 Å². The fourth-order valence-electron chi connectivity index (χ4n) is 1.53. The molecule has 1 amide bonds. The molecule has 96 valence electrons. The van der Waals surface area contributed by atoms with Gasteiger partial charge in [0.15, 0.2) is 0 Å². The third-order valence-electron chi connectivity index (χ3n) is 2.61. The summed E-state index contributed by atoms with van der Waals surface area (Å²) in [5.74, 6) is 0.125.